The monoisotopic (exact) mass is 411 g/mol. The van der Waals surface area contributed by atoms with Gasteiger partial charge in [-0.1, -0.05) is 36.0 Å². The number of benzene rings is 2. The summed E-state index contributed by atoms with van der Waals surface area (Å²) in [5.74, 6) is 0.0857. The van der Waals surface area contributed by atoms with E-state index in [2.05, 4.69) is 10.2 Å². The number of morpholine rings is 1. The summed E-state index contributed by atoms with van der Waals surface area (Å²) in [5.41, 5.74) is 1.51. The largest absolute Gasteiger partial charge is 0.372 e. The van der Waals surface area contributed by atoms with Crippen LogP contribution >= 0.6 is 11.8 Å². The molecule has 1 saturated heterocycles. The summed E-state index contributed by atoms with van der Waals surface area (Å²) in [4.78, 5) is 14.5. The van der Waals surface area contributed by atoms with Gasteiger partial charge < -0.3 is 9.64 Å². The average Bonchev–Trinajstić information content (AvgIpc) is 2.72. The highest BCUT2D eigenvalue weighted by atomic mass is 32.2. The molecule has 1 aromatic heterocycles. The molecule has 2 heterocycles. The van der Waals surface area contributed by atoms with Crippen LogP contribution in [0.2, 0.25) is 0 Å². The van der Waals surface area contributed by atoms with Gasteiger partial charge in [0.25, 0.3) is 0 Å². The van der Waals surface area contributed by atoms with E-state index in [1.807, 2.05) is 43.0 Å². The van der Waals surface area contributed by atoms with Crippen LogP contribution in [0.15, 0.2) is 53.6 Å². The Morgan fingerprint density at radius 2 is 1.72 bits per heavy atom. The lowest BCUT2D eigenvalue weighted by Crippen LogP contribution is -2.48. The Bertz CT molecular complexity index is 1020. The number of halogens is 1. The minimum Gasteiger partial charge on any atom is -0.372 e. The lowest BCUT2D eigenvalue weighted by molar-refractivity contribution is -0.140. The van der Waals surface area contributed by atoms with Crippen molar-refractivity contribution in [3.63, 3.8) is 0 Å². The molecular weight excluding hydrogens is 389 g/mol. The third-order valence-corrected chi connectivity index (χ3v) is 5.84. The van der Waals surface area contributed by atoms with Crippen molar-refractivity contribution in [1.29, 1.82) is 0 Å². The topological polar surface area (TPSA) is 55.3 Å². The maximum absolute atomic E-state index is 13.3. The summed E-state index contributed by atoms with van der Waals surface area (Å²) in [6.07, 6.45) is 0.0895. The highest BCUT2D eigenvalue weighted by Gasteiger charge is 2.26. The van der Waals surface area contributed by atoms with Crippen LogP contribution in [0.1, 0.15) is 13.8 Å². The van der Waals surface area contributed by atoms with Crippen LogP contribution in [-0.4, -0.2) is 52.1 Å². The molecule has 2 aromatic carbocycles. The molecule has 1 aliphatic heterocycles. The van der Waals surface area contributed by atoms with Crippen LogP contribution in [0.5, 0.6) is 0 Å². The zero-order chi connectivity index (χ0) is 20.4. The smallest absolute Gasteiger partial charge is 0.233 e. The first-order valence-corrected chi connectivity index (χ1v) is 10.6. The highest BCUT2D eigenvalue weighted by molar-refractivity contribution is 8.00. The van der Waals surface area contributed by atoms with Crippen molar-refractivity contribution in [1.82, 2.24) is 15.1 Å². The molecule has 29 heavy (non-hydrogen) atoms. The van der Waals surface area contributed by atoms with Crippen molar-refractivity contribution in [3.05, 3.63) is 54.3 Å². The Hall–Kier alpha value is -2.51. The fourth-order valence-corrected chi connectivity index (χ4v) is 4.48. The zero-order valence-corrected chi connectivity index (χ0v) is 17.2. The molecule has 0 saturated carbocycles. The second-order valence-electron chi connectivity index (χ2n) is 7.25. The van der Waals surface area contributed by atoms with Gasteiger partial charge >= 0.3 is 0 Å². The lowest BCUT2D eigenvalue weighted by atomic mass is 10.1. The Morgan fingerprint density at radius 3 is 2.41 bits per heavy atom. The summed E-state index contributed by atoms with van der Waals surface area (Å²) in [6.45, 7) is 5.19. The van der Waals surface area contributed by atoms with Gasteiger partial charge in [0.15, 0.2) is 0 Å². The number of hydrogen-bond donors (Lipinski definition) is 0. The van der Waals surface area contributed by atoms with E-state index in [9.17, 15) is 9.18 Å². The van der Waals surface area contributed by atoms with Crippen molar-refractivity contribution < 1.29 is 13.9 Å². The minimum absolute atomic E-state index is 0.0447. The third kappa shape index (κ3) is 4.41. The first kappa shape index (κ1) is 19.8. The van der Waals surface area contributed by atoms with Crippen LogP contribution in [-0.2, 0) is 9.53 Å². The number of aromatic nitrogens is 2. The molecule has 0 bridgehead atoms. The van der Waals surface area contributed by atoms with Crippen molar-refractivity contribution in [2.24, 2.45) is 0 Å². The van der Waals surface area contributed by atoms with Crippen LogP contribution in [0.25, 0.3) is 22.0 Å². The van der Waals surface area contributed by atoms with Gasteiger partial charge in [-0.2, -0.15) is 0 Å². The van der Waals surface area contributed by atoms with E-state index >= 15 is 0 Å². The second-order valence-corrected chi connectivity index (χ2v) is 8.21. The van der Waals surface area contributed by atoms with E-state index in [0.29, 0.717) is 29.6 Å². The molecule has 1 amide bonds. The van der Waals surface area contributed by atoms with Gasteiger partial charge in [0.2, 0.25) is 5.91 Å². The maximum Gasteiger partial charge on any atom is 0.233 e. The molecule has 2 unspecified atom stereocenters. The maximum atomic E-state index is 13.3. The number of hydrogen-bond acceptors (Lipinski definition) is 5. The van der Waals surface area contributed by atoms with Gasteiger partial charge in [-0.25, -0.2) is 4.39 Å². The fourth-order valence-electron chi connectivity index (χ4n) is 3.61. The fraction of sp³-hybridized carbons (Fsp3) is 0.318. The Balaban J connectivity index is 1.56. The molecule has 1 fully saturated rings. The van der Waals surface area contributed by atoms with E-state index in [-0.39, 0.29) is 23.9 Å². The molecular formula is C22H22FN3O2S. The summed E-state index contributed by atoms with van der Waals surface area (Å²) in [5, 5.41) is 11.3. The summed E-state index contributed by atoms with van der Waals surface area (Å²) in [7, 11) is 0. The second kappa shape index (κ2) is 8.47. The number of fused-ring (bicyclic) bond motifs is 1. The number of thioether (sulfide) groups is 1. The molecule has 0 spiro atoms. The summed E-state index contributed by atoms with van der Waals surface area (Å²) >= 11 is 1.39. The Morgan fingerprint density at radius 1 is 1.07 bits per heavy atom. The number of carbonyl (C=O) groups excluding carboxylic acids is 1. The molecule has 0 radical (unpaired) electrons. The van der Waals surface area contributed by atoms with Crippen LogP contribution in [0.4, 0.5) is 4.39 Å². The highest BCUT2D eigenvalue weighted by Crippen LogP contribution is 2.32. The van der Waals surface area contributed by atoms with Crippen LogP contribution in [0.3, 0.4) is 0 Å². The molecule has 5 nitrogen and oxygen atoms in total. The van der Waals surface area contributed by atoms with Crippen LogP contribution < -0.4 is 0 Å². The van der Waals surface area contributed by atoms with E-state index in [1.54, 1.807) is 12.1 Å². The number of nitrogens with zero attached hydrogens (tertiary/aromatic N) is 3. The number of ether oxygens (including phenoxy) is 1. The molecule has 2 atom stereocenters. The predicted octanol–water partition coefficient (Wildman–Crippen LogP) is 4.16. The quantitative estimate of drug-likeness (QED) is 0.604. The molecule has 0 aliphatic carbocycles. The van der Waals surface area contributed by atoms with Gasteiger partial charge in [-0.15, -0.1) is 10.2 Å². The molecule has 7 heteroatoms. The predicted molar refractivity (Wildman–Crippen MR) is 112 cm³/mol. The standard InChI is InChI=1S/C22H22FN3O2S/c1-14-11-26(12-15(2)28-14)20(27)13-29-22-19-6-4-3-5-18(19)21(24-25-22)16-7-9-17(23)10-8-16/h3-10,14-15H,11-13H2,1-2H3. The summed E-state index contributed by atoms with van der Waals surface area (Å²) in [6, 6.07) is 14.0. The first-order chi connectivity index (χ1) is 14.0. The first-order valence-electron chi connectivity index (χ1n) is 9.58. The van der Waals surface area contributed by atoms with Crippen molar-refractivity contribution in [2.75, 3.05) is 18.8 Å². The molecule has 0 N–H and O–H groups in total. The molecule has 1 aliphatic rings. The molecule has 3 aromatic rings. The number of amides is 1. The normalized spacial score (nSPS) is 19.5. The van der Waals surface area contributed by atoms with Gasteiger partial charge in [0.1, 0.15) is 16.5 Å². The third-order valence-electron chi connectivity index (χ3n) is 4.88. The van der Waals surface area contributed by atoms with E-state index in [0.717, 1.165) is 16.3 Å². The zero-order valence-electron chi connectivity index (χ0n) is 16.3. The van der Waals surface area contributed by atoms with E-state index < -0.39 is 0 Å². The van der Waals surface area contributed by atoms with Crippen molar-refractivity contribution >= 4 is 28.4 Å². The van der Waals surface area contributed by atoms with Crippen molar-refractivity contribution in [2.45, 2.75) is 31.1 Å². The number of rotatable bonds is 4. The lowest BCUT2D eigenvalue weighted by Gasteiger charge is -2.35. The van der Waals surface area contributed by atoms with E-state index in [4.69, 9.17) is 4.74 Å². The van der Waals surface area contributed by atoms with E-state index in [1.165, 1.54) is 23.9 Å². The molecule has 150 valence electrons. The molecule has 4 rings (SSSR count). The van der Waals surface area contributed by atoms with Gasteiger partial charge in [-0.3, -0.25) is 4.79 Å². The number of carbonyl (C=O) groups is 1. The van der Waals surface area contributed by atoms with Gasteiger partial charge in [0.05, 0.1) is 18.0 Å². The average molecular weight is 412 g/mol. The van der Waals surface area contributed by atoms with Crippen molar-refractivity contribution in [3.8, 4) is 11.3 Å². The summed E-state index contributed by atoms with van der Waals surface area (Å²) < 4.78 is 19.0. The van der Waals surface area contributed by atoms with Gasteiger partial charge in [0, 0.05) is 29.4 Å². The Kier molecular flexibility index (Phi) is 5.78. The SMILES string of the molecule is CC1CN(C(=O)CSc2nnc(-c3ccc(F)cc3)c3ccccc23)CC(C)O1. The Labute approximate surface area is 173 Å². The van der Waals surface area contributed by atoms with Crippen LogP contribution in [0, 0.1) is 5.82 Å². The van der Waals surface area contributed by atoms with Gasteiger partial charge in [-0.05, 0) is 38.1 Å². The minimum atomic E-state index is -0.288.